The summed E-state index contributed by atoms with van der Waals surface area (Å²) in [4.78, 5) is 26.5. The second-order valence-corrected chi connectivity index (χ2v) is 5.28. The number of hydrogen-bond acceptors (Lipinski definition) is 3. The van der Waals surface area contributed by atoms with E-state index in [1.165, 1.54) is 0 Å². The second-order valence-electron chi connectivity index (χ2n) is 5.28. The molecule has 1 aromatic carbocycles. The van der Waals surface area contributed by atoms with Crippen molar-refractivity contribution in [2.45, 2.75) is 13.8 Å². The molecule has 1 N–H and O–H groups in total. The molecule has 1 aliphatic heterocycles. The minimum atomic E-state index is -0.00162. The highest BCUT2D eigenvalue weighted by atomic mass is 16.2. The Balaban J connectivity index is 1.86. The van der Waals surface area contributed by atoms with Crippen LogP contribution >= 0.6 is 0 Å². The van der Waals surface area contributed by atoms with E-state index in [1.807, 2.05) is 32.0 Å². The SMILES string of the molecule is Cc1ccc(C)c(NC(=O)CN2CCN(C=O)CC2)c1. The van der Waals surface area contributed by atoms with Crippen LogP contribution in [0.2, 0.25) is 0 Å². The number of benzene rings is 1. The van der Waals surface area contributed by atoms with Gasteiger partial charge < -0.3 is 10.2 Å². The minimum Gasteiger partial charge on any atom is -0.343 e. The van der Waals surface area contributed by atoms with E-state index < -0.39 is 0 Å². The standard InChI is InChI=1S/C15H21N3O2/c1-12-3-4-13(2)14(9-12)16-15(20)10-17-5-7-18(11-19)8-6-17/h3-4,9,11H,5-8,10H2,1-2H3,(H,16,20). The van der Waals surface area contributed by atoms with Crippen LogP contribution in [0.15, 0.2) is 18.2 Å². The topological polar surface area (TPSA) is 52.7 Å². The Morgan fingerprint density at radius 1 is 1.25 bits per heavy atom. The number of carbonyl (C=O) groups is 2. The van der Waals surface area contributed by atoms with Gasteiger partial charge in [0.05, 0.1) is 6.54 Å². The molecule has 1 aromatic rings. The van der Waals surface area contributed by atoms with Crippen molar-refractivity contribution in [3.05, 3.63) is 29.3 Å². The minimum absolute atomic E-state index is 0.00162. The smallest absolute Gasteiger partial charge is 0.238 e. The highest BCUT2D eigenvalue weighted by molar-refractivity contribution is 5.93. The Morgan fingerprint density at radius 3 is 2.60 bits per heavy atom. The normalized spacial score (nSPS) is 16.0. The summed E-state index contributed by atoms with van der Waals surface area (Å²) in [6.07, 6.45) is 0.869. The molecule has 0 spiro atoms. The van der Waals surface area contributed by atoms with Gasteiger partial charge in [0.25, 0.3) is 0 Å². The van der Waals surface area contributed by atoms with Crippen LogP contribution in [-0.4, -0.2) is 54.8 Å². The average Bonchev–Trinajstić information content (AvgIpc) is 2.43. The van der Waals surface area contributed by atoms with Crippen LogP contribution in [0.3, 0.4) is 0 Å². The van der Waals surface area contributed by atoms with Crippen molar-refractivity contribution in [3.63, 3.8) is 0 Å². The lowest BCUT2D eigenvalue weighted by atomic mass is 10.1. The lowest BCUT2D eigenvalue weighted by Gasteiger charge is -2.31. The van der Waals surface area contributed by atoms with Crippen LogP contribution in [-0.2, 0) is 9.59 Å². The van der Waals surface area contributed by atoms with Gasteiger partial charge in [0, 0.05) is 31.9 Å². The summed E-state index contributed by atoms with van der Waals surface area (Å²) < 4.78 is 0. The number of piperazine rings is 1. The van der Waals surface area contributed by atoms with Crippen LogP contribution in [0.1, 0.15) is 11.1 Å². The molecule has 5 heteroatoms. The van der Waals surface area contributed by atoms with Gasteiger partial charge in [-0.15, -0.1) is 0 Å². The molecule has 1 saturated heterocycles. The Labute approximate surface area is 119 Å². The largest absolute Gasteiger partial charge is 0.343 e. The number of hydrogen-bond donors (Lipinski definition) is 1. The highest BCUT2D eigenvalue weighted by Gasteiger charge is 2.17. The van der Waals surface area contributed by atoms with E-state index in [0.717, 1.165) is 36.3 Å². The Hall–Kier alpha value is -1.88. The predicted molar refractivity (Wildman–Crippen MR) is 78.6 cm³/mol. The molecule has 0 radical (unpaired) electrons. The van der Waals surface area contributed by atoms with Crippen molar-refractivity contribution in [3.8, 4) is 0 Å². The van der Waals surface area contributed by atoms with Gasteiger partial charge in [0.2, 0.25) is 12.3 Å². The third-order valence-corrected chi connectivity index (χ3v) is 3.59. The van der Waals surface area contributed by atoms with Gasteiger partial charge in [-0.3, -0.25) is 14.5 Å². The van der Waals surface area contributed by atoms with Crippen LogP contribution in [0.4, 0.5) is 5.69 Å². The molecule has 1 heterocycles. The molecule has 0 bridgehead atoms. The van der Waals surface area contributed by atoms with E-state index in [1.54, 1.807) is 4.90 Å². The molecule has 1 fully saturated rings. The Bertz CT molecular complexity index is 494. The van der Waals surface area contributed by atoms with Crippen molar-refractivity contribution < 1.29 is 9.59 Å². The zero-order chi connectivity index (χ0) is 14.5. The fraction of sp³-hybridized carbons (Fsp3) is 0.467. The molecule has 20 heavy (non-hydrogen) atoms. The van der Waals surface area contributed by atoms with Crippen molar-refractivity contribution in [2.75, 3.05) is 38.0 Å². The fourth-order valence-corrected chi connectivity index (χ4v) is 2.29. The number of carbonyl (C=O) groups excluding carboxylic acids is 2. The summed E-state index contributed by atoms with van der Waals surface area (Å²) in [5.41, 5.74) is 3.07. The molecular formula is C15H21N3O2. The summed E-state index contributed by atoms with van der Waals surface area (Å²) in [5, 5.41) is 2.96. The monoisotopic (exact) mass is 275 g/mol. The van der Waals surface area contributed by atoms with E-state index in [2.05, 4.69) is 10.2 Å². The van der Waals surface area contributed by atoms with Gasteiger partial charge in [-0.2, -0.15) is 0 Å². The molecule has 0 aliphatic carbocycles. The van der Waals surface area contributed by atoms with Gasteiger partial charge in [-0.25, -0.2) is 0 Å². The molecule has 0 aromatic heterocycles. The van der Waals surface area contributed by atoms with Crippen molar-refractivity contribution in [1.82, 2.24) is 9.80 Å². The van der Waals surface area contributed by atoms with Crippen LogP contribution in [0.5, 0.6) is 0 Å². The molecule has 0 saturated carbocycles. The zero-order valence-electron chi connectivity index (χ0n) is 12.1. The van der Waals surface area contributed by atoms with Crippen LogP contribution in [0, 0.1) is 13.8 Å². The number of nitrogens with zero attached hydrogens (tertiary/aromatic N) is 2. The average molecular weight is 275 g/mol. The van der Waals surface area contributed by atoms with E-state index >= 15 is 0 Å². The van der Waals surface area contributed by atoms with Gasteiger partial charge in [0.1, 0.15) is 0 Å². The van der Waals surface area contributed by atoms with Gasteiger partial charge in [-0.1, -0.05) is 12.1 Å². The number of nitrogens with one attached hydrogen (secondary N) is 1. The lowest BCUT2D eigenvalue weighted by Crippen LogP contribution is -2.48. The third kappa shape index (κ3) is 3.81. The molecular weight excluding hydrogens is 254 g/mol. The van der Waals surface area contributed by atoms with E-state index in [0.29, 0.717) is 19.6 Å². The molecule has 2 rings (SSSR count). The first-order chi connectivity index (χ1) is 9.58. The summed E-state index contributed by atoms with van der Waals surface area (Å²) in [7, 11) is 0. The van der Waals surface area contributed by atoms with Crippen molar-refractivity contribution >= 4 is 18.0 Å². The number of amides is 2. The maximum atomic E-state index is 12.1. The fourth-order valence-electron chi connectivity index (χ4n) is 2.29. The molecule has 2 amide bonds. The molecule has 108 valence electrons. The first kappa shape index (κ1) is 14.5. The zero-order valence-corrected chi connectivity index (χ0v) is 12.1. The Morgan fingerprint density at radius 2 is 1.95 bits per heavy atom. The lowest BCUT2D eigenvalue weighted by molar-refractivity contribution is -0.120. The van der Waals surface area contributed by atoms with Gasteiger partial charge in [0.15, 0.2) is 0 Å². The first-order valence-electron chi connectivity index (χ1n) is 6.87. The van der Waals surface area contributed by atoms with Crippen molar-refractivity contribution in [1.29, 1.82) is 0 Å². The summed E-state index contributed by atoms with van der Waals surface area (Å²) in [6, 6.07) is 6.02. The van der Waals surface area contributed by atoms with Gasteiger partial charge in [-0.05, 0) is 31.0 Å². The Kier molecular flexibility index (Phi) is 4.74. The summed E-state index contributed by atoms with van der Waals surface area (Å²) in [5.74, 6) is -0.00162. The van der Waals surface area contributed by atoms with E-state index in [9.17, 15) is 9.59 Å². The van der Waals surface area contributed by atoms with E-state index in [-0.39, 0.29) is 5.91 Å². The summed E-state index contributed by atoms with van der Waals surface area (Å²) in [6.45, 7) is 7.25. The van der Waals surface area contributed by atoms with Crippen LogP contribution < -0.4 is 5.32 Å². The summed E-state index contributed by atoms with van der Waals surface area (Å²) >= 11 is 0. The van der Waals surface area contributed by atoms with Crippen LogP contribution in [0.25, 0.3) is 0 Å². The van der Waals surface area contributed by atoms with E-state index in [4.69, 9.17) is 0 Å². The number of anilines is 1. The molecule has 0 atom stereocenters. The molecule has 0 unspecified atom stereocenters. The van der Waals surface area contributed by atoms with Gasteiger partial charge >= 0.3 is 0 Å². The van der Waals surface area contributed by atoms with Crippen molar-refractivity contribution in [2.24, 2.45) is 0 Å². The molecule has 1 aliphatic rings. The molecule has 5 nitrogen and oxygen atoms in total. The quantitative estimate of drug-likeness (QED) is 0.835. The maximum absolute atomic E-state index is 12.1. The predicted octanol–water partition coefficient (Wildman–Crippen LogP) is 1.02. The second kappa shape index (κ2) is 6.52. The number of rotatable bonds is 4. The third-order valence-electron chi connectivity index (χ3n) is 3.59. The maximum Gasteiger partial charge on any atom is 0.238 e. The first-order valence-corrected chi connectivity index (χ1v) is 6.87. The highest BCUT2D eigenvalue weighted by Crippen LogP contribution is 2.16. The number of aryl methyl sites for hydroxylation is 2.